The lowest BCUT2D eigenvalue weighted by atomic mass is 9.81. The van der Waals surface area contributed by atoms with Gasteiger partial charge in [0.25, 0.3) is 0 Å². The second-order valence-electron chi connectivity index (χ2n) is 9.72. The molecule has 7 N–H and O–H groups in total. The summed E-state index contributed by atoms with van der Waals surface area (Å²) < 4.78 is 27.3. The van der Waals surface area contributed by atoms with Gasteiger partial charge in [0, 0.05) is 12.5 Å². The Kier molecular flexibility index (Phi) is 8.02. The average molecular weight is 541 g/mol. The predicted molar refractivity (Wildman–Crippen MR) is 126 cm³/mol. The summed E-state index contributed by atoms with van der Waals surface area (Å²) in [6, 6.07) is 4.44. The van der Waals surface area contributed by atoms with Gasteiger partial charge < -0.3 is 59.4 Å². The Balaban J connectivity index is 1.54. The molecule has 1 aromatic carbocycles. The maximum atomic E-state index is 12.8. The summed E-state index contributed by atoms with van der Waals surface area (Å²) in [5.41, 5.74) is -2.98. The van der Waals surface area contributed by atoms with Crippen LogP contribution in [-0.2, 0) is 23.7 Å². The third-order valence-corrected chi connectivity index (χ3v) is 7.17. The van der Waals surface area contributed by atoms with Gasteiger partial charge in [0.1, 0.15) is 35.6 Å². The summed E-state index contributed by atoms with van der Waals surface area (Å²) in [4.78, 5) is 12.8. The number of benzene rings is 1. The quantitative estimate of drug-likeness (QED) is 0.156. The minimum Gasteiger partial charge on any atom is -0.504 e. The van der Waals surface area contributed by atoms with Crippen LogP contribution in [0, 0.1) is 5.92 Å². The van der Waals surface area contributed by atoms with E-state index in [1.807, 2.05) is 0 Å². The van der Waals surface area contributed by atoms with E-state index in [0.29, 0.717) is 5.56 Å². The summed E-state index contributed by atoms with van der Waals surface area (Å²) >= 11 is 0. The van der Waals surface area contributed by atoms with E-state index in [4.69, 9.17) is 23.7 Å². The van der Waals surface area contributed by atoms with Crippen LogP contribution in [0.5, 0.6) is 11.5 Å². The van der Waals surface area contributed by atoms with Crippen molar-refractivity contribution < 1.29 is 64.2 Å². The fourth-order valence-corrected chi connectivity index (χ4v) is 5.15. The molecule has 0 radical (unpaired) electrons. The Morgan fingerprint density at radius 2 is 1.89 bits per heavy atom. The SMILES string of the molecule is COc1cc(C=CC(=O)O[C@]2(C)C[C@@H](O)[C@]3(O)C=CO[C@@H](O[C@H]4O[C@H](CO)[C@@H](O)[C@@H](O)[C@@H]4O)[C@@H]32)ccc1O. The van der Waals surface area contributed by atoms with Crippen LogP contribution in [0.2, 0.25) is 0 Å². The molecule has 0 amide bonds. The van der Waals surface area contributed by atoms with Crippen molar-refractivity contribution in [1.82, 2.24) is 0 Å². The lowest BCUT2D eigenvalue weighted by Crippen LogP contribution is -2.62. The smallest absolute Gasteiger partial charge is 0.331 e. The van der Waals surface area contributed by atoms with E-state index in [9.17, 15) is 40.5 Å². The first-order chi connectivity index (χ1) is 17.9. The summed E-state index contributed by atoms with van der Waals surface area (Å²) in [5, 5.41) is 71.7. The lowest BCUT2D eigenvalue weighted by Gasteiger charge is -2.45. The van der Waals surface area contributed by atoms with Crippen LogP contribution < -0.4 is 4.74 Å². The van der Waals surface area contributed by atoms with Crippen molar-refractivity contribution in [2.75, 3.05) is 13.7 Å². The van der Waals surface area contributed by atoms with Gasteiger partial charge in [-0.2, -0.15) is 0 Å². The molecule has 38 heavy (non-hydrogen) atoms. The number of aliphatic hydroxyl groups excluding tert-OH is 5. The monoisotopic (exact) mass is 540 g/mol. The molecule has 1 aromatic rings. The number of ether oxygens (including phenoxy) is 5. The van der Waals surface area contributed by atoms with E-state index in [1.165, 1.54) is 38.3 Å². The zero-order valence-corrected chi connectivity index (χ0v) is 20.7. The Morgan fingerprint density at radius 3 is 2.58 bits per heavy atom. The number of phenolic OH excluding ortho intramolecular Hbond substituents is 1. The highest BCUT2D eigenvalue weighted by atomic mass is 16.8. The molecule has 1 aliphatic carbocycles. The Hall–Kier alpha value is -2.75. The number of aromatic hydroxyl groups is 1. The van der Waals surface area contributed by atoms with Crippen LogP contribution in [0.3, 0.4) is 0 Å². The van der Waals surface area contributed by atoms with Crippen LogP contribution in [0.1, 0.15) is 18.9 Å². The van der Waals surface area contributed by atoms with Crippen molar-refractivity contribution in [3.05, 3.63) is 42.2 Å². The van der Waals surface area contributed by atoms with Gasteiger partial charge in [0.15, 0.2) is 17.8 Å². The summed E-state index contributed by atoms with van der Waals surface area (Å²) in [6.45, 7) is 0.789. The molecule has 0 aromatic heterocycles. The number of hydrogen-bond acceptors (Lipinski definition) is 13. The zero-order valence-electron chi connectivity index (χ0n) is 20.7. The number of aliphatic hydroxyl groups is 6. The molecule has 2 fully saturated rings. The second-order valence-corrected chi connectivity index (χ2v) is 9.72. The van der Waals surface area contributed by atoms with Gasteiger partial charge in [0.05, 0.1) is 32.0 Å². The van der Waals surface area contributed by atoms with Gasteiger partial charge in [-0.15, -0.1) is 0 Å². The number of fused-ring (bicyclic) bond motifs is 1. The standard InChI is InChI=1S/C25H32O13/c1-24(38-17(29)6-4-12-3-5-13(27)14(9-12)34-2)10-16(28)25(33)7-8-35-23(21(24)25)37-22-20(32)19(31)18(30)15(11-26)36-22/h3-9,15-16,18-23,26-28,30-33H,10-11H2,1-2H3/t15-,16-,18-,19-,20+,21-,22-,23+,24-,25-/m1/s1. The molecule has 1 saturated carbocycles. The highest BCUT2D eigenvalue weighted by Gasteiger charge is 2.66. The molecule has 0 unspecified atom stereocenters. The number of hydrogen-bond donors (Lipinski definition) is 7. The molecule has 210 valence electrons. The first-order valence-corrected chi connectivity index (χ1v) is 11.9. The number of carbonyl (C=O) groups excluding carboxylic acids is 1. The molecule has 1 saturated heterocycles. The Morgan fingerprint density at radius 1 is 1.16 bits per heavy atom. The maximum Gasteiger partial charge on any atom is 0.331 e. The number of methoxy groups -OCH3 is 1. The number of rotatable bonds is 7. The molecule has 13 nitrogen and oxygen atoms in total. The van der Waals surface area contributed by atoms with Crippen LogP contribution in [0.25, 0.3) is 6.08 Å². The summed E-state index contributed by atoms with van der Waals surface area (Å²) in [5.74, 6) is -1.92. The molecule has 0 bridgehead atoms. The number of phenols is 1. The topological polar surface area (TPSA) is 205 Å². The molecular weight excluding hydrogens is 508 g/mol. The maximum absolute atomic E-state index is 12.8. The third-order valence-electron chi connectivity index (χ3n) is 7.17. The second kappa shape index (κ2) is 10.8. The van der Waals surface area contributed by atoms with Gasteiger partial charge in [-0.25, -0.2) is 4.79 Å². The molecule has 4 rings (SSSR count). The van der Waals surface area contributed by atoms with E-state index < -0.39 is 72.8 Å². The largest absolute Gasteiger partial charge is 0.504 e. The van der Waals surface area contributed by atoms with E-state index in [2.05, 4.69) is 0 Å². The van der Waals surface area contributed by atoms with Crippen molar-refractivity contribution in [1.29, 1.82) is 0 Å². The Bertz CT molecular complexity index is 1070. The molecule has 0 spiro atoms. The Labute approximate surface area is 217 Å². The van der Waals surface area contributed by atoms with E-state index in [-0.39, 0.29) is 17.9 Å². The molecular formula is C25H32O13. The van der Waals surface area contributed by atoms with Crippen LogP contribution in [-0.4, -0.2) is 110 Å². The van der Waals surface area contributed by atoms with Gasteiger partial charge in [-0.1, -0.05) is 6.07 Å². The highest BCUT2D eigenvalue weighted by Crippen LogP contribution is 2.51. The lowest BCUT2D eigenvalue weighted by molar-refractivity contribution is -0.351. The number of esters is 1. The van der Waals surface area contributed by atoms with Crippen LogP contribution in [0.15, 0.2) is 36.6 Å². The van der Waals surface area contributed by atoms with Crippen LogP contribution in [0.4, 0.5) is 0 Å². The average Bonchev–Trinajstić information content (AvgIpc) is 3.08. The normalized spacial score (nSPS) is 40.5. The summed E-state index contributed by atoms with van der Waals surface area (Å²) in [6.07, 6.45) is -6.16. The van der Waals surface area contributed by atoms with Crippen molar-refractivity contribution in [2.45, 2.75) is 67.6 Å². The number of carbonyl (C=O) groups is 1. The van der Waals surface area contributed by atoms with Crippen molar-refractivity contribution in [2.24, 2.45) is 5.92 Å². The van der Waals surface area contributed by atoms with Crippen molar-refractivity contribution >= 4 is 12.0 Å². The van der Waals surface area contributed by atoms with E-state index in [1.54, 1.807) is 6.07 Å². The fourth-order valence-electron chi connectivity index (χ4n) is 5.15. The molecule has 2 aliphatic heterocycles. The molecule has 13 heteroatoms. The van der Waals surface area contributed by atoms with E-state index >= 15 is 0 Å². The minimum absolute atomic E-state index is 0.0743. The van der Waals surface area contributed by atoms with Gasteiger partial charge in [-0.3, -0.25) is 0 Å². The third kappa shape index (κ3) is 5.11. The van der Waals surface area contributed by atoms with E-state index in [0.717, 1.165) is 12.3 Å². The zero-order chi connectivity index (χ0) is 27.8. The first-order valence-electron chi connectivity index (χ1n) is 11.9. The molecule has 10 atom stereocenters. The first kappa shape index (κ1) is 28.3. The van der Waals surface area contributed by atoms with Gasteiger partial charge in [-0.05, 0) is 36.8 Å². The summed E-state index contributed by atoms with van der Waals surface area (Å²) in [7, 11) is 1.38. The van der Waals surface area contributed by atoms with Crippen molar-refractivity contribution in [3.63, 3.8) is 0 Å². The fraction of sp³-hybridized carbons (Fsp3) is 0.560. The minimum atomic E-state index is -1.96. The van der Waals surface area contributed by atoms with Crippen LogP contribution >= 0.6 is 0 Å². The van der Waals surface area contributed by atoms with Gasteiger partial charge >= 0.3 is 5.97 Å². The molecule has 3 aliphatic rings. The molecule has 2 heterocycles. The highest BCUT2D eigenvalue weighted by molar-refractivity contribution is 5.87. The van der Waals surface area contributed by atoms with Gasteiger partial charge in [0.2, 0.25) is 6.29 Å². The predicted octanol–water partition coefficient (Wildman–Crippen LogP) is -1.49. The van der Waals surface area contributed by atoms with Crippen molar-refractivity contribution in [3.8, 4) is 11.5 Å².